The summed E-state index contributed by atoms with van der Waals surface area (Å²) in [6.07, 6.45) is 2.86. The predicted molar refractivity (Wildman–Crippen MR) is 118 cm³/mol. The molecule has 1 aromatic heterocycles. The second-order valence-electron chi connectivity index (χ2n) is 7.61. The summed E-state index contributed by atoms with van der Waals surface area (Å²) in [5.41, 5.74) is 1.73. The zero-order valence-corrected chi connectivity index (χ0v) is 18.0. The first-order valence-corrected chi connectivity index (χ1v) is 11.8. The quantitative estimate of drug-likeness (QED) is 0.618. The number of carbonyl (C=O) groups is 1. The Hall–Kier alpha value is -3.03. The van der Waals surface area contributed by atoms with Gasteiger partial charge in [0.15, 0.2) is 0 Å². The molecule has 0 radical (unpaired) electrons. The minimum atomic E-state index is -3.52. The Bertz CT molecular complexity index is 1200. The van der Waals surface area contributed by atoms with Crippen LogP contribution in [0.15, 0.2) is 94.9 Å². The van der Waals surface area contributed by atoms with Gasteiger partial charge in [-0.1, -0.05) is 54.6 Å². The lowest BCUT2D eigenvalue weighted by Gasteiger charge is -2.29. The van der Waals surface area contributed by atoms with Gasteiger partial charge < -0.3 is 4.57 Å². The van der Waals surface area contributed by atoms with Crippen LogP contribution in [0.25, 0.3) is 0 Å². The van der Waals surface area contributed by atoms with Crippen LogP contribution in [0.1, 0.15) is 18.4 Å². The van der Waals surface area contributed by atoms with E-state index in [9.17, 15) is 13.2 Å². The van der Waals surface area contributed by atoms with Gasteiger partial charge in [0.1, 0.15) is 5.49 Å². The predicted octanol–water partition coefficient (Wildman–Crippen LogP) is 3.06. The van der Waals surface area contributed by atoms with Crippen molar-refractivity contribution in [2.45, 2.75) is 24.3 Å². The molecule has 1 aliphatic rings. The van der Waals surface area contributed by atoms with E-state index < -0.39 is 10.0 Å². The molecule has 4 rings (SSSR count). The monoisotopic (exact) mass is 435 g/mol. The molecular weight excluding hydrogens is 410 g/mol. The molecule has 7 heteroatoms. The summed E-state index contributed by atoms with van der Waals surface area (Å²) in [5, 5.41) is 0. The second-order valence-corrected chi connectivity index (χ2v) is 9.55. The zero-order chi connectivity index (χ0) is 21.7. The van der Waals surface area contributed by atoms with Crippen LogP contribution in [0.4, 0.5) is 0 Å². The fourth-order valence-corrected chi connectivity index (χ4v) is 5.26. The van der Waals surface area contributed by atoms with E-state index in [0.717, 1.165) is 5.56 Å². The molecule has 0 spiro atoms. The molecule has 1 saturated heterocycles. The Kier molecular flexibility index (Phi) is 6.44. The maximum Gasteiger partial charge on any atom is 0.250 e. The van der Waals surface area contributed by atoms with E-state index in [4.69, 9.17) is 0 Å². The zero-order valence-electron chi connectivity index (χ0n) is 17.2. The van der Waals surface area contributed by atoms with Crippen molar-refractivity contribution in [3.63, 3.8) is 0 Å². The molecule has 0 aliphatic carbocycles. The number of piperidine rings is 1. The van der Waals surface area contributed by atoms with Crippen molar-refractivity contribution in [2.75, 3.05) is 13.1 Å². The average Bonchev–Trinajstić information content (AvgIpc) is 2.81. The van der Waals surface area contributed by atoms with Crippen LogP contribution in [-0.2, 0) is 21.4 Å². The van der Waals surface area contributed by atoms with E-state index in [1.54, 1.807) is 30.3 Å². The van der Waals surface area contributed by atoms with Crippen LogP contribution < -0.4 is 5.49 Å². The largest absolute Gasteiger partial charge is 0.328 e. The lowest BCUT2D eigenvalue weighted by Crippen LogP contribution is -2.40. The fourth-order valence-electron chi connectivity index (χ4n) is 3.77. The van der Waals surface area contributed by atoms with E-state index in [2.05, 4.69) is 4.99 Å². The highest BCUT2D eigenvalue weighted by atomic mass is 32.2. The van der Waals surface area contributed by atoms with Crippen LogP contribution in [0, 0.1) is 5.92 Å². The molecule has 31 heavy (non-hydrogen) atoms. The standard InChI is InChI=1S/C24H25N3O3S/c28-24(25-23-13-7-8-16-26(23)19-20-9-3-1-4-10-20)21-14-17-27(18-15-21)31(29,30)22-11-5-2-6-12-22/h1-13,16,21H,14-15,17-19H2. The molecule has 0 N–H and O–H groups in total. The third-order valence-corrected chi connectivity index (χ3v) is 7.43. The first kappa shape index (κ1) is 21.2. The Morgan fingerprint density at radius 1 is 0.871 bits per heavy atom. The van der Waals surface area contributed by atoms with Crippen molar-refractivity contribution in [1.82, 2.24) is 8.87 Å². The maximum atomic E-state index is 12.9. The third kappa shape index (κ3) is 5.00. The lowest BCUT2D eigenvalue weighted by atomic mass is 9.97. The summed E-state index contributed by atoms with van der Waals surface area (Å²) in [6.45, 7) is 1.27. The molecule has 0 atom stereocenters. The Labute approximate surface area is 182 Å². The van der Waals surface area contributed by atoms with E-state index in [1.165, 1.54) is 4.31 Å². The van der Waals surface area contributed by atoms with Crippen molar-refractivity contribution in [1.29, 1.82) is 0 Å². The highest BCUT2D eigenvalue weighted by Crippen LogP contribution is 2.24. The molecule has 0 bridgehead atoms. The molecule has 0 unspecified atom stereocenters. The molecule has 1 fully saturated rings. The Morgan fingerprint density at radius 2 is 1.48 bits per heavy atom. The summed E-state index contributed by atoms with van der Waals surface area (Å²) >= 11 is 0. The van der Waals surface area contributed by atoms with Gasteiger partial charge >= 0.3 is 0 Å². The van der Waals surface area contributed by atoms with Gasteiger partial charge in [-0.25, -0.2) is 8.42 Å². The van der Waals surface area contributed by atoms with Gasteiger partial charge in [-0.05, 0) is 42.7 Å². The van der Waals surface area contributed by atoms with E-state index in [-0.39, 0.29) is 16.7 Å². The molecule has 3 aromatic rings. The molecule has 1 aliphatic heterocycles. The number of aromatic nitrogens is 1. The lowest BCUT2D eigenvalue weighted by molar-refractivity contribution is -0.122. The molecule has 160 valence electrons. The highest BCUT2D eigenvalue weighted by molar-refractivity contribution is 7.89. The topological polar surface area (TPSA) is 71.7 Å². The van der Waals surface area contributed by atoms with Gasteiger partial charge in [0.25, 0.3) is 5.91 Å². The molecular formula is C24H25N3O3S. The molecule has 6 nitrogen and oxygen atoms in total. The van der Waals surface area contributed by atoms with Crippen LogP contribution >= 0.6 is 0 Å². The van der Waals surface area contributed by atoms with Crippen molar-refractivity contribution >= 4 is 15.9 Å². The number of benzene rings is 2. The molecule has 2 aromatic carbocycles. The van der Waals surface area contributed by atoms with Crippen molar-refractivity contribution in [3.05, 3.63) is 96.1 Å². The van der Waals surface area contributed by atoms with Gasteiger partial charge in [0, 0.05) is 31.7 Å². The smallest absolute Gasteiger partial charge is 0.250 e. The molecule has 2 heterocycles. The number of pyridine rings is 1. The normalized spacial score (nSPS) is 16.3. The Morgan fingerprint density at radius 3 is 2.16 bits per heavy atom. The van der Waals surface area contributed by atoms with Gasteiger partial charge in [-0.3, -0.25) is 4.79 Å². The summed E-state index contributed by atoms with van der Waals surface area (Å²) < 4.78 is 29.0. The molecule has 0 saturated carbocycles. The van der Waals surface area contributed by atoms with E-state index in [0.29, 0.717) is 38.0 Å². The number of carbonyl (C=O) groups excluding carboxylic acids is 1. The van der Waals surface area contributed by atoms with Crippen LogP contribution in [0.3, 0.4) is 0 Å². The van der Waals surface area contributed by atoms with Crippen LogP contribution in [0.2, 0.25) is 0 Å². The van der Waals surface area contributed by atoms with Gasteiger partial charge in [-0.2, -0.15) is 9.30 Å². The maximum absolute atomic E-state index is 12.9. The van der Waals surface area contributed by atoms with Gasteiger partial charge in [0.2, 0.25) is 10.0 Å². The number of hydrogen-bond donors (Lipinski definition) is 0. The van der Waals surface area contributed by atoms with Crippen molar-refractivity contribution < 1.29 is 13.2 Å². The fraction of sp³-hybridized carbons (Fsp3) is 0.250. The van der Waals surface area contributed by atoms with Crippen LogP contribution in [0.5, 0.6) is 0 Å². The number of amides is 1. The van der Waals surface area contributed by atoms with Crippen LogP contribution in [-0.4, -0.2) is 36.3 Å². The number of sulfonamides is 1. The minimum absolute atomic E-state index is 0.190. The summed E-state index contributed by atoms with van der Waals surface area (Å²) in [5.74, 6) is -0.461. The van der Waals surface area contributed by atoms with Gasteiger partial charge in [0.05, 0.1) is 4.90 Å². The molecule has 1 amide bonds. The highest BCUT2D eigenvalue weighted by Gasteiger charge is 2.31. The number of nitrogens with zero attached hydrogens (tertiary/aromatic N) is 3. The second kappa shape index (κ2) is 9.41. The first-order valence-electron chi connectivity index (χ1n) is 10.4. The van der Waals surface area contributed by atoms with Gasteiger partial charge in [-0.15, -0.1) is 0 Å². The third-order valence-electron chi connectivity index (χ3n) is 5.52. The van der Waals surface area contributed by atoms with Crippen molar-refractivity contribution in [2.24, 2.45) is 10.9 Å². The minimum Gasteiger partial charge on any atom is -0.328 e. The first-order chi connectivity index (χ1) is 15.0. The summed E-state index contributed by atoms with van der Waals surface area (Å²) in [6, 6.07) is 24.0. The van der Waals surface area contributed by atoms with Crippen molar-refractivity contribution in [3.8, 4) is 0 Å². The Balaban J connectivity index is 1.46. The summed E-state index contributed by atoms with van der Waals surface area (Å²) in [4.78, 5) is 17.5. The average molecular weight is 436 g/mol. The number of hydrogen-bond acceptors (Lipinski definition) is 3. The summed E-state index contributed by atoms with van der Waals surface area (Å²) in [7, 11) is -3.52. The van der Waals surface area contributed by atoms with E-state index >= 15 is 0 Å². The SMILES string of the molecule is O=C(N=c1ccccn1Cc1ccccc1)C1CCN(S(=O)(=O)c2ccccc2)CC1. The number of rotatable bonds is 5. The van der Waals surface area contributed by atoms with E-state index in [1.807, 2.05) is 59.3 Å².